The van der Waals surface area contributed by atoms with Gasteiger partial charge in [-0.1, -0.05) is 48.5 Å². The molecule has 8 atom stereocenters. The Balaban J connectivity index is 1.07. The van der Waals surface area contributed by atoms with E-state index in [0.29, 0.717) is 36.8 Å². The van der Waals surface area contributed by atoms with E-state index in [4.69, 9.17) is 23.8 Å². The minimum atomic E-state index is -4.68. The molecular formula is C44H50F3N3O12. The average Bonchev–Trinajstić information content (AvgIpc) is 4.00. The molecule has 62 heavy (non-hydrogen) atoms. The smallest absolute Gasteiger partial charge is 0.422 e. The number of fused-ring (bicyclic) bond motifs is 5. The number of aliphatic hydroxyl groups is 1. The van der Waals surface area contributed by atoms with Crippen LogP contribution in [0.1, 0.15) is 75.1 Å². The molecule has 4 saturated heterocycles. The maximum absolute atomic E-state index is 15.5. The number of benzene rings is 2. The number of hydroxylamine groups is 2. The van der Waals surface area contributed by atoms with E-state index in [0.717, 1.165) is 17.2 Å². The molecule has 8 rings (SSSR count). The number of hydrogen-bond acceptors (Lipinski definition) is 13. The maximum atomic E-state index is 15.5. The molecule has 0 unspecified atom stereocenters. The van der Waals surface area contributed by atoms with Gasteiger partial charge in [-0.05, 0) is 68.4 Å². The van der Waals surface area contributed by atoms with E-state index in [1.807, 2.05) is 24.3 Å². The lowest BCUT2D eigenvalue weighted by Crippen LogP contribution is -2.70. The zero-order chi connectivity index (χ0) is 44.2. The van der Waals surface area contributed by atoms with Crippen molar-refractivity contribution in [2.45, 2.75) is 132 Å². The predicted molar refractivity (Wildman–Crippen MR) is 209 cm³/mol. The van der Waals surface area contributed by atoms with Gasteiger partial charge in [0.05, 0.1) is 19.2 Å². The highest BCUT2D eigenvalue weighted by atomic mass is 19.4. The molecule has 2 aromatic rings. The first-order valence-corrected chi connectivity index (χ1v) is 20.9. The number of carbonyl (C=O) groups is 5. The molecule has 2 aromatic carbocycles. The van der Waals surface area contributed by atoms with Crippen LogP contribution in [0.25, 0.3) is 6.08 Å². The van der Waals surface area contributed by atoms with E-state index in [-0.39, 0.29) is 32.4 Å². The van der Waals surface area contributed by atoms with Crippen LogP contribution in [0.5, 0.6) is 0 Å². The lowest BCUT2D eigenvalue weighted by Gasteiger charge is -2.50. The number of hydrogen-bond donors (Lipinski definition) is 2. The van der Waals surface area contributed by atoms with Crippen LogP contribution in [0, 0.1) is 5.41 Å². The molecule has 2 bridgehead atoms. The minimum absolute atomic E-state index is 0.0137. The van der Waals surface area contributed by atoms with E-state index in [1.54, 1.807) is 45.0 Å². The van der Waals surface area contributed by atoms with Gasteiger partial charge in [-0.25, -0.2) is 4.79 Å². The van der Waals surface area contributed by atoms with Crippen LogP contribution < -0.4 is 5.32 Å². The molecule has 15 nitrogen and oxygen atoms in total. The van der Waals surface area contributed by atoms with Crippen molar-refractivity contribution in [3.63, 3.8) is 0 Å². The van der Waals surface area contributed by atoms with E-state index in [1.165, 1.54) is 16.0 Å². The van der Waals surface area contributed by atoms with Crippen LogP contribution in [0.4, 0.5) is 13.2 Å². The summed E-state index contributed by atoms with van der Waals surface area (Å²) >= 11 is 0. The summed E-state index contributed by atoms with van der Waals surface area (Å²) in [6.07, 6.45) is -4.40. The number of esters is 3. The number of carbonyl (C=O) groups excluding carboxylic acids is 5. The number of likely N-dealkylation sites (tertiary alicyclic amines) is 1. The molecule has 4 heterocycles. The van der Waals surface area contributed by atoms with Crippen molar-refractivity contribution >= 4 is 35.8 Å². The lowest BCUT2D eigenvalue weighted by molar-refractivity contribution is -0.218. The summed E-state index contributed by atoms with van der Waals surface area (Å²) in [5.41, 5.74) is 0.790. The monoisotopic (exact) mass is 869 g/mol. The molecule has 1 spiro atoms. The first-order chi connectivity index (χ1) is 29.4. The van der Waals surface area contributed by atoms with Crippen LogP contribution in [-0.4, -0.2) is 125 Å². The van der Waals surface area contributed by atoms with Gasteiger partial charge in [-0.2, -0.15) is 18.2 Å². The molecule has 334 valence electrons. The van der Waals surface area contributed by atoms with Gasteiger partial charge in [0.15, 0.2) is 18.4 Å². The Labute approximate surface area is 355 Å². The molecule has 2 aliphatic carbocycles. The van der Waals surface area contributed by atoms with Crippen molar-refractivity contribution in [3.05, 3.63) is 76.9 Å². The molecule has 4 aliphatic heterocycles. The zero-order valence-corrected chi connectivity index (χ0v) is 34.6. The third-order valence-corrected chi connectivity index (χ3v) is 12.3. The van der Waals surface area contributed by atoms with Crippen LogP contribution in [0.15, 0.2) is 54.6 Å². The average molecular weight is 870 g/mol. The number of amides is 2. The van der Waals surface area contributed by atoms with Crippen molar-refractivity contribution in [2.24, 2.45) is 5.41 Å². The largest absolute Gasteiger partial charge is 0.460 e. The van der Waals surface area contributed by atoms with Gasteiger partial charge in [-0.15, -0.1) is 0 Å². The van der Waals surface area contributed by atoms with Crippen LogP contribution in [0.2, 0.25) is 0 Å². The Hall–Kier alpha value is -4.88. The van der Waals surface area contributed by atoms with Crippen molar-refractivity contribution in [1.82, 2.24) is 15.3 Å². The number of halogens is 3. The second-order valence-electron chi connectivity index (χ2n) is 17.9. The molecular weight excluding hydrogens is 819 g/mol. The number of nitrogens with one attached hydrogen (secondary N) is 1. The summed E-state index contributed by atoms with van der Waals surface area (Å²) in [6.45, 7) is 3.17. The number of alkyl halides is 3. The van der Waals surface area contributed by atoms with Crippen molar-refractivity contribution < 1.29 is 70.8 Å². The van der Waals surface area contributed by atoms with Crippen molar-refractivity contribution in [2.75, 3.05) is 19.8 Å². The molecule has 6 aliphatic rings. The zero-order valence-electron chi connectivity index (χ0n) is 34.6. The van der Waals surface area contributed by atoms with E-state index in [2.05, 4.69) is 10.1 Å². The normalized spacial score (nSPS) is 29.0. The topological polar surface area (TPSA) is 179 Å². The fourth-order valence-corrected chi connectivity index (χ4v) is 9.82. The fraction of sp³-hybridized carbons (Fsp3) is 0.568. The number of rotatable bonds is 12. The molecule has 2 N–H and O–H groups in total. The number of nitrogens with zero attached hydrogens (tertiary/aromatic N) is 2. The Morgan fingerprint density at radius 1 is 1.03 bits per heavy atom. The van der Waals surface area contributed by atoms with Gasteiger partial charge < -0.3 is 39.0 Å². The number of aliphatic hydroxyl groups excluding tert-OH is 1. The van der Waals surface area contributed by atoms with Crippen LogP contribution in [0.3, 0.4) is 0 Å². The first kappa shape index (κ1) is 43.8. The summed E-state index contributed by atoms with van der Waals surface area (Å²) in [6, 6.07) is 11.5. The molecule has 5 fully saturated rings. The van der Waals surface area contributed by atoms with Crippen molar-refractivity contribution in [3.8, 4) is 0 Å². The summed E-state index contributed by atoms with van der Waals surface area (Å²) in [4.78, 5) is 76.4. The Bertz CT molecular complexity index is 2100. The van der Waals surface area contributed by atoms with Gasteiger partial charge >= 0.3 is 24.1 Å². The minimum Gasteiger partial charge on any atom is -0.460 e. The van der Waals surface area contributed by atoms with Gasteiger partial charge in [0.1, 0.15) is 41.5 Å². The summed E-state index contributed by atoms with van der Waals surface area (Å²) in [5.74, 6) is -4.49. The maximum Gasteiger partial charge on any atom is 0.422 e. The second-order valence-corrected chi connectivity index (χ2v) is 17.9. The van der Waals surface area contributed by atoms with E-state index >= 15 is 4.79 Å². The van der Waals surface area contributed by atoms with Gasteiger partial charge in [0.2, 0.25) is 11.8 Å². The summed E-state index contributed by atoms with van der Waals surface area (Å²) in [5, 5.41) is 14.4. The summed E-state index contributed by atoms with van der Waals surface area (Å²) < 4.78 is 67.0. The van der Waals surface area contributed by atoms with Crippen LogP contribution >= 0.6 is 0 Å². The quantitative estimate of drug-likeness (QED) is 0.180. The Kier molecular flexibility index (Phi) is 11.8. The van der Waals surface area contributed by atoms with Gasteiger partial charge in [0, 0.05) is 38.3 Å². The van der Waals surface area contributed by atoms with Crippen molar-refractivity contribution in [1.29, 1.82) is 0 Å². The fourth-order valence-electron chi connectivity index (χ4n) is 9.82. The molecule has 18 heteroatoms. The highest BCUT2D eigenvalue weighted by molar-refractivity contribution is 5.96. The Morgan fingerprint density at radius 2 is 1.76 bits per heavy atom. The lowest BCUT2D eigenvalue weighted by atomic mass is 9.62. The Morgan fingerprint density at radius 3 is 2.45 bits per heavy atom. The van der Waals surface area contributed by atoms with E-state index in [9.17, 15) is 37.5 Å². The predicted octanol–water partition coefficient (Wildman–Crippen LogP) is 3.47. The van der Waals surface area contributed by atoms with Crippen LogP contribution in [-0.2, 0) is 71.9 Å². The highest BCUT2D eigenvalue weighted by Crippen LogP contribution is 2.59. The SMILES string of the molecule is CC(C)(C)OC(=O)CC[C@@H](CO)NC(=O)[C@H]1CCCN1C(=O)[C@@]12C[C@H]3OC(=O)[C@@H]1N(Cc1cccc(C=CC(=O)OCC(F)(F)F)c1)O[C@@H]2[C@H]1OC2(Cc4ccccc4C2)O[C@H]13. The summed E-state index contributed by atoms with van der Waals surface area (Å²) in [7, 11) is 0. The second kappa shape index (κ2) is 16.7. The van der Waals surface area contributed by atoms with Gasteiger partial charge in [0.25, 0.3) is 0 Å². The third kappa shape index (κ3) is 8.71. The molecule has 0 aromatic heterocycles. The third-order valence-electron chi connectivity index (χ3n) is 12.3. The first-order valence-electron chi connectivity index (χ1n) is 20.9. The molecule has 1 saturated carbocycles. The van der Waals surface area contributed by atoms with Gasteiger partial charge in [-0.3, -0.25) is 24.0 Å². The number of ether oxygens (including phenoxy) is 5. The molecule has 2 amide bonds. The highest BCUT2D eigenvalue weighted by Gasteiger charge is 2.77. The van der Waals surface area contributed by atoms with E-state index < -0.39 is 108 Å². The standard InChI is InChI=1S/C44H50F3N3O12/c1-41(2,3)59-33(53)16-14-29(23-51)48-38(54)30-12-7-17-49(30)40(56)43-21-31-34-35(61-42(60-34)19-27-10-4-5-11-28(27)20-42)37(43)62-50(36(43)39(55)58-31)22-26-9-6-8-25(18-26)13-15-32(52)57-24-44(45,46)47/h4-6,8-11,13,15,18,29-31,34-37,51H,7,12,14,16-17,19-24H2,1-3H3,(H,48,54)/t29-,30+,31+,34-,35-,36-,37+,43-/m0/s1. The molecule has 0 radical (unpaired) electrons.